The van der Waals surface area contributed by atoms with E-state index in [4.69, 9.17) is 9.52 Å². The van der Waals surface area contributed by atoms with Crippen molar-refractivity contribution in [3.05, 3.63) is 29.7 Å². The number of likely N-dealkylation sites (N-methyl/N-ethyl adjacent to an activating group) is 1. The van der Waals surface area contributed by atoms with Gasteiger partial charge in [0.15, 0.2) is 11.5 Å². The second-order valence-corrected chi connectivity index (χ2v) is 4.26. The van der Waals surface area contributed by atoms with Crippen molar-refractivity contribution in [2.75, 3.05) is 20.2 Å². The first-order chi connectivity index (χ1) is 8.60. The van der Waals surface area contributed by atoms with E-state index in [0.717, 1.165) is 23.1 Å². The third kappa shape index (κ3) is 2.68. The van der Waals surface area contributed by atoms with E-state index in [9.17, 15) is 4.79 Å². The lowest BCUT2D eigenvalue weighted by Gasteiger charge is -2.15. The molecule has 0 aliphatic rings. The Balaban J connectivity index is 2.05. The highest BCUT2D eigenvalue weighted by Gasteiger charge is 2.08. The molecule has 0 fully saturated rings. The van der Waals surface area contributed by atoms with Gasteiger partial charge in [0, 0.05) is 20.5 Å². The Bertz CT molecular complexity index is 562. The number of amides is 1. The minimum Gasteiger partial charge on any atom is -0.441 e. The molecule has 18 heavy (non-hydrogen) atoms. The van der Waals surface area contributed by atoms with Gasteiger partial charge >= 0.3 is 0 Å². The second kappa shape index (κ2) is 5.18. The zero-order valence-electron chi connectivity index (χ0n) is 10.5. The van der Waals surface area contributed by atoms with Crippen molar-refractivity contribution in [1.29, 1.82) is 0 Å². The number of nitrogens with zero attached hydrogens (tertiary/aromatic N) is 2. The molecule has 96 valence electrons. The highest BCUT2D eigenvalue weighted by Crippen LogP contribution is 2.17. The van der Waals surface area contributed by atoms with Gasteiger partial charge in [-0.1, -0.05) is 6.07 Å². The summed E-state index contributed by atoms with van der Waals surface area (Å²) in [5.41, 5.74) is 2.70. The van der Waals surface area contributed by atoms with Crippen molar-refractivity contribution in [3.8, 4) is 0 Å². The number of fused-ring (bicyclic) bond motifs is 1. The molecule has 5 heteroatoms. The largest absolute Gasteiger partial charge is 0.441 e. The van der Waals surface area contributed by atoms with Crippen molar-refractivity contribution >= 4 is 17.0 Å². The fraction of sp³-hybridized carbons (Fsp3) is 0.385. The lowest BCUT2D eigenvalue weighted by Crippen LogP contribution is -2.31. The maximum Gasteiger partial charge on any atom is 0.248 e. The Morgan fingerprint density at radius 2 is 2.28 bits per heavy atom. The van der Waals surface area contributed by atoms with Crippen LogP contribution in [0.15, 0.2) is 22.6 Å². The molecule has 0 unspecified atom stereocenters. The van der Waals surface area contributed by atoms with Crippen molar-refractivity contribution in [3.63, 3.8) is 0 Å². The Hall–Kier alpha value is -1.88. The van der Waals surface area contributed by atoms with Crippen LogP contribution >= 0.6 is 0 Å². The fourth-order valence-corrected chi connectivity index (χ4v) is 1.79. The standard InChI is InChI=1S/C13H16N2O3/c1-9-14-11-7-10(3-4-12(11)18-9)5-6-15(2)13(17)8-16/h3-4,7,16H,5-6,8H2,1-2H3. The highest BCUT2D eigenvalue weighted by molar-refractivity contribution is 5.77. The molecule has 1 amide bonds. The first-order valence-corrected chi connectivity index (χ1v) is 5.81. The third-order valence-electron chi connectivity index (χ3n) is 2.86. The van der Waals surface area contributed by atoms with E-state index < -0.39 is 6.61 Å². The summed E-state index contributed by atoms with van der Waals surface area (Å²) in [6, 6.07) is 5.81. The van der Waals surface area contributed by atoms with E-state index in [1.165, 1.54) is 4.90 Å². The lowest BCUT2D eigenvalue weighted by molar-refractivity contribution is -0.132. The number of rotatable bonds is 4. The van der Waals surface area contributed by atoms with Crippen LogP contribution in [0.5, 0.6) is 0 Å². The summed E-state index contributed by atoms with van der Waals surface area (Å²) < 4.78 is 5.40. The lowest BCUT2D eigenvalue weighted by atomic mass is 10.1. The number of carbonyl (C=O) groups excluding carboxylic acids is 1. The van der Waals surface area contributed by atoms with Gasteiger partial charge in [-0.05, 0) is 24.1 Å². The molecule has 0 radical (unpaired) electrons. The molecular weight excluding hydrogens is 232 g/mol. The first kappa shape index (κ1) is 12.6. The molecule has 0 atom stereocenters. The maximum absolute atomic E-state index is 11.2. The van der Waals surface area contributed by atoms with Crippen LogP contribution in [-0.4, -0.2) is 41.1 Å². The van der Waals surface area contributed by atoms with E-state index in [1.807, 2.05) is 25.1 Å². The molecule has 1 aromatic heterocycles. The van der Waals surface area contributed by atoms with E-state index in [1.54, 1.807) is 7.05 Å². The molecule has 0 bridgehead atoms. The van der Waals surface area contributed by atoms with E-state index in [-0.39, 0.29) is 5.91 Å². The Morgan fingerprint density at radius 1 is 1.50 bits per heavy atom. The summed E-state index contributed by atoms with van der Waals surface area (Å²) in [5, 5.41) is 8.73. The number of benzene rings is 1. The van der Waals surface area contributed by atoms with E-state index in [0.29, 0.717) is 12.4 Å². The Labute approximate surface area is 105 Å². The van der Waals surface area contributed by atoms with Gasteiger partial charge in [-0.15, -0.1) is 0 Å². The molecule has 0 saturated carbocycles. The van der Waals surface area contributed by atoms with Gasteiger partial charge in [0.25, 0.3) is 0 Å². The van der Waals surface area contributed by atoms with E-state index in [2.05, 4.69) is 4.98 Å². The van der Waals surface area contributed by atoms with Gasteiger partial charge in [-0.2, -0.15) is 0 Å². The van der Waals surface area contributed by atoms with Crippen molar-refractivity contribution in [2.45, 2.75) is 13.3 Å². The topological polar surface area (TPSA) is 66.6 Å². The third-order valence-corrected chi connectivity index (χ3v) is 2.86. The molecule has 0 spiro atoms. The summed E-state index contributed by atoms with van der Waals surface area (Å²) >= 11 is 0. The number of aliphatic hydroxyl groups excluding tert-OH is 1. The van der Waals surface area contributed by atoms with Crippen LogP contribution in [0.25, 0.3) is 11.1 Å². The van der Waals surface area contributed by atoms with Gasteiger partial charge in [0.1, 0.15) is 12.1 Å². The molecule has 0 aliphatic carbocycles. The predicted molar refractivity (Wildman–Crippen MR) is 67.2 cm³/mol. The van der Waals surface area contributed by atoms with Crippen LogP contribution < -0.4 is 0 Å². The highest BCUT2D eigenvalue weighted by atomic mass is 16.3. The number of aryl methyl sites for hydroxylation is 1. The van der Waals surface area contributed by atoms with Gasteiger partial charge in [0.05, 0.1) is 0 Å². The number of carbonyl (C=O) groups is 1. The summed E-state index contributed by atoms with van der Waals surface area (Å²) in [6.07, 6.45) is 0.726. The molecule has 1 heterocycles. The van der Waals surface area contributed by atoms with Crippen LogP contribution in [-0.2, 0) is 11.2 Å². The van der Waals surface area contributed by atoms with Crippen LogP contribution in [0.3, 0.4) is 0 Å². The zero-order chi connectivity index (χ0) is 13.1. The molecule has 0 aliphatic heterocycles. The van der Waals surface area contributed by atoms with Gasteiger partial charge in [-0.3, -0.25) is 4.79 Å². The SMILES string of the molecule is Cc1nc2cc(CCN(C)C(=O)CO)ccc2o1. The van der Waals surface area contributed by atoms with Crippen molar-refractivity contribution < 1.29 is 14.3 Å². The number of hydrogen-bond acceptors (Lipinski definition) is 4. The minimum atomic E-state index is -0.446. The number of oxazole rings is 1. The van der Waals surface area contributed by atoms with Crippen molar-refractivity contribution in [1.82, 2.24) is 9.88 Å². The maximum atomic E-state index is 11.2. The molecule has 5 nitrogen and oxygen atoms in total. The first-order valence-electron chi connectivity index (χ1n) is 5.81. The smallest absolute Gasteiger partial charge is 0.248 e. The quantitative estimate of drug-likeness (QED) is 0.880. The molecule has 2 aromatic rings. The average Bonchev–Trinajstić information content (AvgIpc) is 2.74. The summed E-state index contributed by atoms with van der Waals surface area (Å²) in [5.74, 6) is 0.378. The Morgan fingerprint density at radius 3 is 3.00 bits per heavy atom. The predicted octanol–water partition coefficient (Wildman–Crippen LogP) is 1.13. The van der Waals surface area contributed by atoms with Crippen LogP contribution in [0.1, 0.15) is 11.5 Å². The number of aliphatic hydroxyl groups is 1. The summed E-state index contributed by atoms with van der Waals surface area (Å²) in [6.45, 7) is 1.94. The average molecular weight is 248 g/mol. The minimum absolute atomic E-state index is 0.270. The van der Waals surface area contributed by atoms with Gasteiger partial charge < -0.3 is 14.4 Å². The zero-order valence-corrected chi connectivity index (χ0v) is 10.5. The van der Waals surface area contributed by atoms with Gasteiger partial charge in [0.2, 0.25) is 5.91 Å². The molecule has 1 N–H and O–H groups in total. The second-order valence-electron chi connectivity index (χ2n) is 4.26. The summed E-state index contributed by atoms with van der Waals surface area (Å²) in [7, 11) is 1.68. The molecule has 0 saturated heterocycles. The molecule has 2 rings (SSSR count). The molecule has 1 aromatic carbocycles. The van der Waals surface area contributed by atoms with Crippen LogP contribution in [0.2, 0.25) is 0 Å². The molecular formula is C13H16N2O3. The van der Waals surface area contributed by atoms with Crippen LogP contribution in [0, 0.1) is 6.92 Å². The summed E-state index contributed by atoms with van der Waals surface area (Å²) in [4.78, 5) is 17.0. The fourth-order valence-electron chi connectivity index (χ4n) is 1.79. The Kier molecular flexibility index (Phi) is 3.62. The number of aromatic nitrogens is 1. The van der Waals surface area contributed by atoms with Crippen molar-refractivity contribution in [2.24, 2.45) is 0 Å². The van der Waals surface area contributed by atoms with Crippen LogP contribution in [0.4, 0.5) is 0 Å². The van der Waals surface area contributed by atoms with E-state index >= 15 is 0 Å². The number of hydrogen-bond donors (Lipinski definition) is 1. The van der Waals surface area contributed by atoms with Gasteiger partial charge in [-0.25, -0.2) is 4.98 Å². The monoisotopic (exact) mass is 248 g/mol. The normalized spacial score (nSPS) is 10.8.